The number of carbonyl (C=O) groups excluding carboxylic acids is 2. The van der Waals surface area contributed by atoms with Crippen molar-refractivity contribution in [3.8, 4) is 0 Å². The molecule has 0 saturated heterocycles. The molecule has 1 aromatic carbocycles. The Hall–Kier alpha value is -2.08. The molecule has 152 valence electrons. The summed E-state index contributed by atoms with van der Waals surface area (Å²) in [5, 5.41) is 0. The van der Waals surface area contributed by atoms with E-state index in [4.69, 9.17) is 0 Å². The molecule has 1 aromatic heterocycles. The average Bonchev–Trinajstić information content (AvgIpc) is 3.07. The van der Waals surface area contributed by atoms with E-state index in [0.29, 0.717) is 18.7 Å². The molecule has 0 spiro atoms. The molecule has 1 heterocycles. The lowest BCUT2D eigenvalue weighted by Crippen LogP contribution is -2.46. The molecule has 2 aromatic rings. The molecule has 6 heteroatoms. The molecule has 2 amide bonds. The zero-order chi connectivity index (χ0) is 20.7. The van der Waals surface area contributed by atoms with Gasteiger partial charge < -0.3 is 14.4 Å². The molecule has 0 bridgehead atoms. The van der Waals surface area contributed by atoms with E-state index in [2.05, 4.69) is 22.9 Å². The van der Waals surface area contributed by atoms with Crippen LogP contribution in [0.4, 0.5) is 0 Å². The monoisotopic (exact) mass is 447 g/mol. The lowest BCUT2D eigenvalue weighted by Gasteiger charge is -2.30. The first kappa shape index (κ1) is 22.2. The highest BCUT2D eigenvalue weighted by molar-refractivity contribution is 9.10. The van der Waals surface area contributed by atoms with E-state index in [0.717, 1.165) is 23.0 Å². The van der Waals surface area contributed by atoms with Gasteiger partial charge in [0, 0.05) is 41.6 Å². The van der Waals surface area contributed by atoms with Crippen molar-refractivity contribution in [3.05, 3.63) is 58.3 Å². The molecule has 5 nitrogen and oxygen atoms in total. The first-order chi connectivity index (χ1) is 13.3. The van der Waals surface area contributed by atoms with Crippen molar-refractivity contribution in [1.29, 1.82) is 0 Å². The second-order valence-corrected chi connectivity index (χ2v) is 8.23. The van der Waals surface area contributed by atoms with Gasteiger partial charge in [0.2, 0.25) is 5.91 Å². The highest BCUT2D eigenvalue weighted by Gasteiger charge is 2.24. The fraction of sp³-hybridized carbons (Fsp3) is 0.455. The summed E-state index contributed by atoms with van der Waals surface area (Å²) in [6, 6.07) is 11.2. The number of benzene rings is 1. The van der Waals surface area contributed by atoms with E-state index in [-0.39, 0.29) is 24.4 Å². The molecule has 0 unspecified atom stereocenters. The summed E-state index contributed by atoms with van der Waals surface area (Å²) in [4.78, 5) is 29.6. The largest absolute Gasteiger partial charge is 0.353 e. The predicted octanol–water partition coefficient (Wildman–Crippen LogP) is 4.47. The quantitative estimate of drug-likeness (QED) is 0.569. The fourth-order valence-corrected chi connectivity index (χ4v) is 3.25. The zero-order valence-electron chi connectivity index (χ0n) is 17.2. The number of aromatic nitrogens is 1. The van der Waals surface area contributed by atoms with Crippen LogP contribution in [0.15, 0.2) is 47.1 Å². The summed E-state index contributed by atoms with van der Waals surface area (Å²) < 4.78 is 2.95. The summed E-state index contributed by atoms with van der Waals surface area (Å²) in [5.41, 5.74) is 1.67. The molecule has 0 radical (unpaired) electrons. The topological polar surface area (TPSA) is 45.6 Å². The number of hydrogen-bond donors (Lipinski definition) is 0. The minimum atomic E-state index is -0.120. The molecule has 28 heavy (non-hydrogen) atoms. The van der Waals surface area contributed by atoms with Crippen molar-refractivity contribution in [3.63, 3.8) is 0 Å². The molecule has 0 aliphatic heterocycles. The Morgan fingerprint density at radius 1 is 1.14 bits per heavy atom. The number of rotatable bonds is 9. The maximum atomic E-state index is 13.1. The highest BCUT2D eigenvalue weighted by atomic mass is 79.9. The van der Waals surface area contributed by atoms with Gasteiger partial charge in [-0.05, 0) is 56.7 Å². The van der Waals surface area contributed by atoms with Gasteiger partial charge in [0.1, 0.15) is 6.54 Å². The van der Waals surface area contributed by atoms with Crippen molar-refractivity contribution < 1.29 is 9.59 Å². The molecular weight excluding hydrogens is 418 g/mol. The molecule has 0 aliphatic carbocycles. The van der Waals surface area contributed by atoms with Gasteiger partial charge in [0.05, 0.1) is 6.54 Å². The van der Waals surface area contributed by atoms with Gasteiger partial charge in [-0.2, -0.15) is 0 Å². The van der Waals surface area contributed by atoms with E-state index in [1.54, 1.807) is 17.0 Å². The second kappa shape index (κ2) is 10.5. The average molecular weight is 448 g/mol. The summed E-state index contributed by atoms with van der Waals surface area (Å²) >= 11 is 3.39. The first-order valence-electron chi connectivity index (χ1n) is 9.78. The fourth-order valence-electron chi connectivity index (χ4n) is 2.99. The second-order valence-electron chi connectivity index (χ2n) is 7.31. The van der Waals surface area contributed by atoms with Gasteiger partial charge in [-0.25, -0.2) is 0 Å². The lowest BCUT2D eigenvalue weighted by molar-refractivity contribution is -0.133. The summed E-state index contributed by atoms with van der Waals surface area (Å²) in [6.07, 6.45) is 3.94. The molecule has 0 saturated carbocycles. The molecule has 2 rings (SSSR count). The van der Waals surface area contributed by atoms with Crippen molar-refractivity contribution in [2.24, 2.45) is 7.05 Å². The van der Waals surface area contributed by atoms with E-state index in [1.165, 1.54) is 0 Å². The standard InChI is InChI=1S/C22H30BrN3O2/c1-5-6-14-25(15-20-8-7-13-24(20)4)21(27)16-26(17(2)3)22(28)18-9-11-19(23)12-10-18/h7-13,17H,5-6,14-16H2,1-4H3. The third-order valence-corrected chi connectivity index (χ3v) is 5.35. The van der Waals surface area contributed by atoms with Gasteiger partial charge in [-0.1, -0.05) is 29.3 Å². The van der Waals surface area contributed by atoms with Crippen LogP contribution >= 0.6 is 15.9 Å². The highest BCUT2D eigenvalue weighted by Crippen LogP contribution is 2.15. The predicted molar refractivity (Wildman–Crippen MR) is 116 cm³/mol. The van der Waals surface area contributed by atoms with E-state index >= 15 is 0 Å². The van der Waals surface area contributed by atoms with Crippen molar-refractivity contribution in [2.75, 3.05) is 13.1 Å². The van der Waals surface area contributed by atoms with Crippen molar-refractivity contribution in [1.82, 2.24) is 14.4 Å². The van der Waals surface area contributed by atoms with Crippen LogP contribution in [0.2, 0.25) is 0 Å². The molecule has 0 aliphatic rings. The van der Waals surface area contributed by atoms with E-state index < -0.39 is 0 Å². The normalized spacial score (nSPS) is 10.9. The minimum absolute atomic E-state index is 0.0196. The van der Waals surface area contributed by atoms with Crippen LogP contribution in [-0.2, 0) is 18.4 Å². The summed E-state index contributed by atoms with van der Waals surface area (Å²) in [7, 11) is 1.98. The number of carbonyl (C=O) groups is 2. The number of aryl methyl sites for hydroxylation is 1. The third kappa shape index (κ3) is 5.96. The molecular formula is C22H30BrN3O2. The Balaban J connectivity index is 2.15. The van der Waals surface area contributed by atoms with Crippen LogP contribution in [0.3, 0.4) is 0 Å². The smallest absolute Gasteiger partial charge is 0.254 e. The Kier molecular flexibility index (Phi) is 8.30. The summed E-state index contributed by atoms with van der Waals surface area (Å²) in [6.45, 7) is 7.33. The van der Waals surface area contributed by atoms with Crippen LogP contribution in [0.1, 0.15) is 49.7 Å². The van der Waals surface area contributed by atoms with Gasteiger partial charge in [-0.3, -0.25) is 9.59 Å². The van der Waals surface area contributed by atoms with Crippen LogP contribution in [-0.4, -0.2) is 45.3 Å². The zero-order valence-corrected chi connectivity index (χ0v) is 18.8. The van der Waals surface area contributed by atoms with E-state index in [1.807, 2.05) is 60.8 Å². The third-order valence-electron chi connectivity index (χ3n) is 4.82. The van der Waals surface area contributed by atoms with Crippen LogP contribution in [0, 0.1) is 0 Å². The van der Waals surface area contributed by atoms with Crippen molar-refractivity contribution in [2.45, 2.75) is 46.2 Å². The molecule has 0 N–H and O–H groups in total. The number of halogens is 1. The van der Waals surface area contributed by atoms with Gasteiger partial charge in [0.25, 0.3) is 5.91 Å². The Bertz CT molecular complexity index is 783. The van der Waals surface area contributed by atoms with Crippen molar-refractivity contribution >= 4 is 27.7 Å². The van der Waals surface area contributed by atoms with Gasteiger partial charge in [-0.15, -0.1) is 0 Å². The van der Waals surface area contributed by atoms with Crippen LogP contribution in [0.5, 0.6) is 0 Å². The number of hydrogen-bond acceptors (Lipinski definition) is 2. The number of unbranched alkanes of at least 4 members (excludes halogenated alkanes) is 1. The van der Waals surface area contributed by atoms with Crippen LogP contribution < -0.4 is 0 Å². The Morgan fingerprint density at radius 2 is 1.82 bits per heavy atom. The minimum Gasteiger partial charge on any atom is -0.353 e. The summed E-state index contributed by atoms with van der Waals surface area (Å²) in [5.74, 6) is -0.140. The SMILES string of the molecule is CCCCN(Cc1cccn1C)C(=O)CN(C(=O)c1ccc(Br)cc1)C(C)C. The van der Waals surface area contributed by atoms with Crippen LogP contribution in [0.25, 0.3) is 0 Å². The molecule has 0 fully saturated rings. The Morgan fingerprint density at radius 3 is 2.36 bits per heavy atom. The van der Waals surface area contributed by atoms with Gasteiger partial charge in [0.15, 0.2) is 0 Å². The van der Waals surface area contributed by atoms with E-state index in [9.17, 15) is 9.59 Å². The number of amides is 2. The maximum absolute atomic E-state index is 13.1. The Labute approximate surface area is 176 Å². The first-order valence-corrected chi connectivity index (χ1v) is 10.6. The maximum Gasteiger partial charge on any atom is 0.254 e. The van der Waals surface area contributed by atoms with Gasteiger partial charge >= 0.3 is 0 Å². The molecule has 0 atom stereocenters. The number of nitrogens with zero attached hydrogens (tertiary/aromatic N) is 3. The lowest BCUT2D eigenvalue weighted by atomic mass is 10.1.